The number of rotatable bonds is 7. The first kappa shape index (κ1) is 21.8. The lowest BCUT2D eigenvalue weighted by Crippen LogP contribution is -2.21. The third kappa shape index (κ3) is 4.61. The number of nitrogens with zero attached hydrogens (tertiary/aromatic N) is 3. The van der Waals surface area contributed by atoms with Gasteiger partial charge in [-0.3, -0.25) is 9.00 Å². The molecule has 0 N–H and O–H groups in total. The summed E-state index contributed by atoms with van der Waals surface area (Å²) < 4.78 is 13.6. The fraction of sp³-hybridized carbons (Fsp3) is 0.261. The lowest BCUT2D eigenvalue weighted by molar-refractivity contribution is 0.0827. The van der Waals surface area contributed by atoms with Gasteiger partial charge in [0.15, 0.2) is 0 Å². The van der Waals surface area contributed by atoms with Gasteiger partial charge >= 0.3 is 0 Å². The minimum Gasteiger partial charge on any atom is -0.345 e. The zero-order valence-electron chi connectivity index (χ0n) is 17.6. The van der Waals surface area contributed by atoms with Crippen LogP contribution in [-0.4, -0.2) is 44.8 Å². The van der Waals surface area contributed by atoms with Crippen LogP contribution in [0.4, 0.5) is 0 Å². The maximum Gasteiger partial charge on any atom is 0.253 e. The number of aromatic nitrogens is 2. The zero-order chi connectivity index (χ0) is 22.0. The van der Waals surface area contributed by atoms with E-state index in [1.165, 1.54) is 22.7 Å². The zero-order valence-corrected chi connectivity index (χ0v) is 20.1. The predicted octanol–water partition coefficient (Wildman–Crippen LogP) is 5.70. The number of amides is 1. The number of fused-ring (bicyclic) bond motifs is 1. The molecule has 1 unspecified atom stereocenters. The van der Waals surface area contributed by atoms with Crippen LogP contribution < -0.4 is 0 Å². The lowest BCUT2D eigenvalue weighted by atomic mass is 10.00. The van der Waals surface area contributed by atoms with Crippen molar-refractivity contribution in [2.75, 3.05) is 19.8 Å². The Balaban J connectivity index is 1.88. The van der Waals surface area contributed by atoms with Gasteiger partial charge in [0.2, 0.25) is 0 Å². The summed E-state index contributed by atoms with van der Waals surface area (Å²) in [5, 5.41) is 3.72. The molecule has 4 aromatic rings. The third-order valence-electron chi connectivity index (χ3n) is 4.87. The number of pyridine rings is 1. The molecule has 31 heavy (non-hydrogen) atoms. The van der Waals surface area contributed by atoms with Gasteiger partial charge in [-0.15, -0.1) is 22.7 Å². The Morgan fingerprint density at radius 1 is 1.19 bits per heavy atom. The number of carbonyl (C=O) groups is 1. The standard InChI is InChI=1S/C23H23N3O2S3/c1-4-5-11-31(28)20-14-18-17(15-7-6-8-16(12-15)23(27)26(2)3)13-19(25-21(18)30-20)22-24-9-10-29-22/h6-10,12-14H,4-5,11H2,1-3H3. The van der Waals surface area contributed by atoms with Crippen molar-refractivity contribution in [1.82, 2.24) is 14.9 Å². The van der Waals surface area contributed by atoms with Crippen LogP contribution in [0.15, 0.2) is 52.2 Å². The number of benzene rings is 1. The van der Waals surface area contributed by atoms with E-state index in [2.05, 4.69) is 11.9 Å². The molecule has 0 radical (unpaired) electrons. The second kappa shape index (κ2) is 9.38. The van der Waals surface area contributed by atoms with Gasteiger partial charge in [-0.05, 0) is 41.8 Å². The summed E-state index contributed by atoms with van der Waals surface area (Å²) in [6, 6.07) is 11.7. The van der Waals surface area contributed by atoms with Crippen molar-refractivity contribution in [2.45, 2.75) is 24.0 Å². The molecule has 3 heterocycles. The first-order chi connectivity index (χ1) is 15.0. The van der Waals surface area contributed by atoms with Crippen molar-refractivity contribution < 1.29 is 9.00 Å². The number of hydrogen-bond donors (Lipinski definition) is 0. The van der Waals surface area contributed by atoms with Gasteiger partial charge in [0.05, 0.1) is 15.0 Å². The topological polar surface area (TPSA) is 63.2 Å². The van der Waals surface area contributed by atoms with E-state index < -0.39 is 10.8 Å². The molecule has 0 bridgehead atoms. The molecule has 3 aromatic heterocycles. The summed E-state index contributed by atoms with van der Waals surface area (Å²) >= 11 is 3.02. The molecule has 0 spiro atoms. The Morgan fingerprint density at radius 3 is 2.74 bits per heavy atom. The highest BCUT2D eigenvalue weighted by Gasteiger charge is 2.17. The van der Waals surface area contributed by atoms with Crippen LogP contribution in [0.2, 0.25) is 0 Å². The van der Waals surface area contributed by atoms with Crippen molar-refractivity contribution in [3.05, 3.63) is 53.5 Å². The number of thiazole rings is 1. The summed E-state index contributed by atoms with van der Waals surface area (Å²) in [5.41, 5.74) is 3.32. The van der Waals surface area contributed by atoms with Gasteiger partial charge in [0.1, 0.15) is 15.5 Å². The average molecular weight is 470 g/mol. The van der Waals surface area contributed by atoms with Crippen molar-refractivity contribution in [3.63, 3.8) is 0 Å². The molecule has 0 aliphatic carbocycles. The number of hydrogen-bond acceptors (Lipinski definition) is 6. The maximum absolute atomic E-state index is 12.8. The summed E-state index contributed by atoms with van der Waals surface area (Å²) in [5.74, 6) is 0.615. The number of unbranched alkanes of at least 4 members (excludes halogenated alkanes) is 1. The molecule has 160 valence electrons. The normalized spacial score (nSPS) is 12.2. The van der Waals surface area contributed by atoms with Crippen LogP contribution in [0, 0.1) is 0 Å². The molecule has 5 nitrogen and oxygen atoms in total. The van der Waals surface area contributed by atoms with E-state index in [0.29, 0.717) is 11.3 Å². The van der Waals surface area contributed by atoms with E-state index in [-0.39, 0.29) is 5.91 Å². The summed E-state index contributed by atoms with van der Waals surface area (Å²) in [6.45, 7) is 2.10. The van der Waals surface area contributed by atoms with E-state index in [9.17, 15) is 9.00 Å². The Hall–Kier alpha value is -2.42. The number of thiophene rings is 1. The first-order valence-electron chi connectivity index (χ1n) is 10.0. The quantitative estimate of drug-likeness (QED) is 0.348. The minimum absolute atomic E-state index is 0.0426. The van der Waals surface area contributed by atoms with E-state index in [4.69, 9.17) is 4.98 Å². The van der Waals surface area contributed by atoms with E-state index in [0.717, 1.165) is 49.1 Å². The van der Waals surface area contributed by atoms with Gasteiger partial charge in [-0.25, -0.2) is 9.97 Å². The van der Waals surface area contributed by atoms with Gasteiger partial charge in [0.25, 0.3) is 5.91 Å². The maximum atomic E-state index is 12.8. The number of carbonyl (C=O) groups excluding carboxylic acids is 1. The Kier molecular flexibility index (Phi) is 6.60. The van der Waals surface area contributed by atoms with E-state index >= 15 is 0 Å². The highest BCUT2D eigenvalue weighted by Crippen LogP contribution is 2.38. The Bertz CT molecular complexity index is 1250. The third-order valence-corrected chi connectivity index (χ3v) is 8.52. The largest absolute Gasteiger partial charge is 0.345 e. The summed E-state index contributed by atoms with van der Waals surface area (Å²) in [6.07, 6.45) is 3.71. The van der Waals surface area contributed by atoms with Crippen LogP contribution in [0.1, 0.15) is 30.1 Å². The van der Waals surface area contributed by atoms with Crippen LogP contribution in [0.5, 0.6) is 0 Å². The molecule has 1 aromatic carbocycles. The van der Waals surface area contributed by atoms with Gasteiger partial charge < -0.3 is 4.90 Å². The highest BCUT2D eigenvalue weighted by molar-refractivity contribution is 7.87. The second-order valence-corrected chi connectivity index (χ2v) is 11.1. The molecular formula is C23H23N3O2S3. The minimum atomic E-state index is -1.04. The molecular weight excluding hydrogens is 446 g/mol. The average Bonchev–Trinajstić information content (AvgIpc) is 3.46. The van der Waals surface area contributed by atoms with E-state index in [1.807, 2.05) is 41.8 Å². The van der Waals surface area contributed by atoms with Crippen LogP contribution in [0.3, 0.4) is 0 Å². The monoisotopic (exact) mass is 469 g/mol. The molecule has 1 amide bonds. The molecule has 4 rings (SSSR count). The lowest BCUT2D eigenvalue weighted by Gasteiger charge is -2.12. The van der Waals surface area contributed by atoms with Crippen LogP contribution >= 0.6 is 22.7 Å². The second-order valence-electron chi connectivity index (χ2n) is 7.36. The van der Waals surface area contributed by atoms with Crippen molar-refractivity contribution in [2.24, 2.45) is 0 Å². The fourth-order valence-electron chi connectivity index (χ4n) is 3.26. The van der Waals surface area contributed by atoms with E-state index in [1.54, 1.807) is 25.2 Å². The van der Waals surface area contributed by atoms with Crippen molar-refractivity contribution in [3.8, 4) is 21.8 Å². The smallest absolute Gasteiger partial charge is 0.253 e. The van der Waals surface area contributed by atoms with Crippen LogP contribution in [-0.2, 0) is 10.8 Å². The molecule has 8 heteroatoms. The Morgan fingerprint density at radius 2 is 2.03 bits per heavy atom. The van der Waals surface area contributed by atoms with Gasteiger partial charge in [-0.2, -0.15) is 0 Å². The van der Waals surface area contributed by atoms with Crippen molar-refractivity contribution >= 4 is 49.6 Å². The first-order valence-corrected chi connectivity index (χ1v) is 13.0. The molecule has 0 saturated heterocycles. The van der Waals surface area contributed by atoms with Crippen molar-refractivity contribution in [1.29, 1.82) is 0 Å². The summed E-state index contributed by atoms with van der Waals surface area (Å²) in [4.78, 5) is 24.2. The summed E-state index contributed by atoms with van der Waals surface area (Å²) in [7, 11) is 2.46. The van der Waals surface area contributed by atoms with Crippen LogP contribution in [0.25, 0.3) is 32.0 Å². The fourth-order valence-corrected chi connectivity index (χ4v) is 6.50. The highest BCUT2D eigenvalue weighted by atomic mass is 32.2. The van der Waals surface area contributed by atoms with Gasteiger partial charge in [-0.1, -0.05) is 25.5 Å². The molecule has 0 aliphatic heterocycles. The SMILES string of the molecule is CCCCS(=O)c1cc2c(-c3cccc(C(=O)N(C)C)c3)cc(-c3nccs3)nc2s1. The molecule has 1 atom stereocenters. The Labute approximate surface area is 192 Å². The predicted molar refractivity (Wildman–Crippen MR) is 130 cm³/mol. The molecule has 0 aliphatic rings. The molecule has 0 saturated carbocycles. The van der Waals surface area contributed by atoms with Gasteiger partial charge in [0, 0.05) is 42.4 Å². The molecule has 0 fully saturated rings.